The van der Waals surface area contributed by atoms with E-state index in [2.05, 4.69) is 46.4 Å². The van der Waals surface area contributed by atoms with Crippen LogP contribution in [0.25, 0.3) is 0 Å². The Hall–Kier alpha value is -1.22. The van der Waals surface area contributed by atoms with Gasteiger partial charge in [-0.3, -0.25) is 0 Å². The summed E-state index contributed by atoms with van der Waals surface area (Å²) in [5.41, 5.74) is 2.80. The highest BCUT2D eigenvalue weighted by Gasteiger charge is 2.21. The van der Waals surface area contributed by atoms with Gasteiger partial charge in [-0.1, -0.05) is 12.1 Å². The third kappa shape index (κ3) is 2.86. The van der Waals surface area contributed by atoms with Crippen LogP contribution in [-0.2, 0) is 0 Å². The molecule has 0 amide bonds. The van der Waals surface area contributed by atoms with E-state index >= 15 is 0 Å². The van der Waals surface area contributed by atoms with Crippen molar-refractivity contribution in [3.63, 3.8) is 0 Å². The molecule has 1 fully saturated rings. The number of benzene rings is 1. The van der Waals surface area contributed by atoms with Gasteiger partial charge in [0.1, 0.15) is 0 Å². The molecule has 1 aromatic rings. The van der Waals surface area contributed by atoms with Crippen molar-refractivity contribution in [2.24, 2.45) is 5.92 Å². The van der Waals surface area contributed by atoms with Crippen LogP contribution in [-0.4, -0.2) is 39.8 Å². The number of nitrogens with one attached hydrogen (secondary N) is 1. The Kier molecular flexibility index (Phi) is 3.92. The molecule has 104 valence electrons. The first kappa shape index (κ1) is 12.8. The topological polar surface area (TPSA) is 18.5 Å². The van der Waals surface area contributed by atoms with E-state index in [0.717, 1.165) is 19.0 Å². The minimum Gasteiger partial charge on any atom is -0.371 e. The molecule has 1 saturated heterocycles. The van der Waals surface area contributed by atoms with Crippen LogP contribution in [0.3, 0.4) is 0 Å². The Labute approximate surface area is 116 Å². The lowest BCUT2D eigenvalue weighted by molar-refractivity contribution is 0.358. The second-order valence-corrected chi connectivity index (χ2v) is 5.90. The maximum atomic E-state index is 3.52. The number of para-hydroxylation sites is 2. The average Bonchev–Trinajstić information content (AvgIpc) is 2.48. The van der Waals surface area contributed by atoms with Gasteiger partial charge in [0.2, 0.25) is 0 Å². The van der Waals surface area contributed by atoms with Crippen LogP contribution in [0.15, 0.2) is 24.3 Å². The van der Waals surface area contributed by atoms with E-state index in [4.69, 9.17) is 0 Å². The SMILES string of the molecule is CN1CCN(CCC2CCCNC2)c2ccccc21. The summed E-state index contributed by atoms with van der Waals surface area (Å²) in [5, 5.41) is 3.52. The largest absolute Gasteiger partial charge is 0.371 e. The Morgan fingerprint density at radius 3 is 2.84 bits per heavy atom. The summed E-state index contributed by atoms with van der Waals surface area (Å²) in [6, 6.07) is 8.81. The van der Waals surface area contributed by atoms with Gasteiger partial charge in [-0.15, -0.1) is 0 Å². The standard InChI is InChI=1S/C16H25N3/c1-18-11-12-19(16-7-3-2-6-15(16)18)10-8-14-5-4-9-17-13-14/h2-3,6-7,14,17H,4-5,8-13H2,1H3. The highest BCUT2D eigenvalue weighted by Crippen LogP contribution is 2.32. The van der Waals surface area contributed by atoms with Crippen molar-refractivity contribution in [2.75, 3.05) is 49.6 Å². The zero-order valence-corrected chi connectivity index (χ0v) is 11.9. The molecule has 2 aliphatic heterocycles. The maximum absolute atomic E-state index is 3.52. The van der Waals surface area contributed by atoms with Gasteiger partial charge in [0.05, 0.1) is 11.4 Å². The number of rotatable bonds is 3. The summed E-state index contributed by atoms with van der Waals surface area (Å²) in [5.74, 6) is 0.876. The molecule has 2 heterocycles. The lowest BCUT2D eigenvalue weighted by atomic mass is 9.96. The van der Waals surface area contributed by atoms with Gasteiger partial charge < -0.3 is 15.1 Å². The second-order valence-electron chi connectivity index (χ2n) is 5.90. The molecule has 3 nitrogen and oxygen atoms in total. The third-order valence-corrected chi connectivity index (χ3v) is 4.55. The Balaban J connectivity index is 1.64. The summed E-state index contributed by atoms with van der Waals surface area (Å²) in [4.78, 5) is 4.94. The van der Waals surface area contributed by atoms with Gasteiger partial charge in [-0.25, -0.2) is 0 Å². The summed E-state index contributed by atoms with van der Waals surface area (Å²) < 4.78 is 0. The van der Waals surface area contributed by atoms with E-state index in [9.17, 15) is 0 Å². The molecular formula is C16H25N3. The van der Waals surface area contributed by atoms with Gasteiger partial charge in [0, 0.05) is 26.7 Å². The fourth-order valence-electron chi connectivity index (χ4n) is 3.31. The predicted molar refractivity (Wildman–Crippen MR) is 82.1 cm³/mol. The van der Waals surface area contributed by atoms with Gasteiger partial charge in [-0.05, 0) is 50.4 Å². The van der Waals surface area contributed by atoms with E-state index in [0.29, 0.717) is 0 Å². The van der Waals surface area contributed by atoms with Gasteiger partial charge in [-0.2, -0.15) is 0 Å². The molecule has 1 aromatic carbocycles. The fourth-order valence-corrected chi connectivity index (χ4v) is 3.31. The van der Waals surface area contributed by atoms with E-state index in [1.807, 2.05) is 0 Å². The lowest BCUT2D eigenvalue weighted by Crippen LogP contribution is -2.41. The number of piperidine rings is 1. The van der Waals surface area contributed by atoms with Crippen molar-refractivity contribution in [1.82, 2.24) is 5.32 Å². The van der Waals surface area contributed by atoms with Crippen LogP contribution < -0.4 is 15.1 Å². The van der Waals surface area contributed by atoms with Crippen LogP contribution >= 0.6 is 0 Å². The van der Waals surface area contributed by atoms with Crippen molar-refractivity contribution in [3.05, 3.63) is 24.3 Å². The minimum atomic E-state index is 0.876. The molecule has 0 radical (unpaired) electrons. The summed E-state index contributed by atoms with van der Waals surface area (Å²) in [6.45, 7) is 5.94. The molecule has 0 spiro atoms. The smallest absolute Gasteiger partial charge is 0.0604 e. The number of hydrogen-bond acceptors (Lipinski definition) is 3. The minimum absolute atomic E-state index is 0.876. The second kappa shape index (κ2) is 5.83. The Morgan fingerprint density at radius 2 is 2.05 bits per heavy atom. The quantitative estimate of drug-likeness (QED) is 0.899. The lowest BCUT2D eigenvalue weighted by Gasteiger charge is -2.38. The van der Waals surface area contributed by atoms with E-state index in [1.54, 1.807) is 0 Å². The number of fused-ring (bicyclic) bond motifs is 1. The van der Waals surface area contributed by atoms with Crippen molar-refractivity contribution < 1.29 is 0 Å². The molecule has 0 aromatic heterocycles. The molecule has 3 rings (SSSR count). The monoisotopic (exact) mass is 259 g/mol. The van der Waals surface area contributed by atoms with Crippen molar-refractivity contribution >= 4 is 11.4 Å². The first-order chi connectivity index (χ1) is 9.34. The van der Waals surface area contributed by atoms with Crippen LogP contribution in [0.1, 0.15) is 19.3 Å². The fraction of sp³-hybridized carbons (Fsp3) is 0.625. The van der Waals surface area contributed by atoms with E-state index in [-0.39, 0.29) is 0 Å². The molecule has 0 bridgehead atoms. The number of likely N-dealkylation sites (N-methyl/N-ethyl adjacent to an activating group) is 1. The molecule has 1 N–H and O–H groups in total. The summed E-state index contributed by atoms with van der Waals surface area (Å²) >= 11 is 0. The van der Waals surface area contributed by atoms with E-state index in [1.165, 1.54) is 50.3 Å². The molecule has 3 heteroatoms. The van der Waals surface area contributed by atoms with Gasteiger partial charge >= 0.3 is 0 Å². The van der Waals surface area contributed by atoms with Crippen molar-refractivity contribution in [1.29, 1.82) is 0 Å². The highest BCUT2D eigenvalue weighted by molar-refractivity contribution is 5.72. The highest BCUT2D eigenvalue weighted by atomic mass is 15.2. The number of anilines is 2. The molecule has 19 heavy (non-hydrogen) atoms. The molecule has 1 atom stereocenters. The number of hydrogen-bond donors (Lipinski definition) is 1. The maximum Gasteiger partial charge on any atom is 0.0604 e. The van der Waals surface area contributed by atoms with Crippen LogP contribution in [0.4, 0.5) is 11.4 Å². The molecule has 0 aliphatic carbocycles. The first-order valence-corrected chi connectivity index (χ1v) is 7.60. The Bertz CT molecular complexity index is 412. The van der Waals surface area contributed by atoms with Crippen molar-refractivity contribution in [3.8, 4) is 0 Å². The van der Waals surface area contributed by atoms with Crippen LogP contribution in [0, 0.1) is 5.92 Å². The molecule has 2 aliphatic rings. The van der Waals surface area contributed by atoms with E-state index < -0.39 is 0 Å². The summed E-state index contributed by atoms with van der Waals surface area (Å²) in [7, 11) is 2.20. The van der Waals surface area contributed by atoms with Gasteiger partial charge in [0.15, 0.2) is 0 Å². The molecule has 1 unspecified atom stereocenters. The van der Waals surface area contributed by atoms with Crippen LogP contribution in [0.5, 0.6) is 0 Å². The number of nitrogens with zero attached hydrogens (tertiary/aromatic N) is 2. The zero-order valence-electron chi connectivity index (χ0n) is 11.9. The van der Waals surface area contributed by atoms with Crippen LogP contribution in [0.2, 0.25) is 0 Å². The third-order valence-electron chi connectivity index (χ3n) is 4.55. The first-order valence-electron chi connectivity index (χ1n) is 7.60. The van der Waals surface area contributed by atoms with Gasteiger partial charge in [0.25, 0.3) is 0 Å². The predicted octanol–water partition coefficient (Wildman–Crippen LogP) is 2.33. The summed E-state index contributed by atoms with van der Waals surface area (Å²) in [6.07, 6.45) is 4.08. The zero-order chi connectivity index (χ0) is 13.1. The van der Waals surface area contributed by atoms with Crippen molar-refractivity contribution in [2.45, 2.75) is 19.3 Å². The average molecular weight is 259 g/mol. The molecular weight excluding hydrogens is 234 g/mol. The normalized spacial score (nSPS) is 23.3. The Morgan fingerprint density at radius 1 is 1.21 bits per heavy atom. The molecule has 0 saturated carbocycles.